The molecule has 0 aliphatic carbocycles. The van der Waals surface area contributed by atoms with Gasteiger partial charge in [-0.05, 0) is 35.4 Å². The van der Waals surface area contributed by atoms with E-state index in [2.05, 4.69) is 47.4 Å². The first kappa shape index (κ1) is 20.9. The van der Waals surface area contributed by atoms with Crippen LogP contribution in [0, 0.1) is 0 Å². The summed E-state index contributed by atoms with van der Waals surface area (Å²) in [6.45, 7) is 4.34. The summed E-state index contributed by atoms with van der Waals surface area (Å²) < 4.78 is 10.9. The SMILES string of the molecule is O=C(c1ccccc1SCc1ccccc1)N1CCN(Cc2ccc3c(c2)OCO3)CC1. The standard InChI is InChI=1S/C26H26N2O3S/c29-26(22-8-4-5-9-25(22)32-18-20-6-2-1-3-7-20)28-14-12-27(13-15-28)17-21-10-11-23-24(16-21)31-19-30-23/h1-11,16H,12-15,17-19H2. The minimum Gasteiger partial charge on any atom is -0.454 e. The number of carbonyl (C=O) groups is 1. The van der Waals surface area contributed by atoms with Crippen molar-refractivity contribution in [1.29, 1.82) is 0 Å². The molecule has 0 atom stereocenters. The molecule has 0 N–H and O–H groups in total. The van der Waals surface area contributed by atoms with Crippen molar-refractivity contribution in [2.75, 3.05) is 33.0 Å². The monoisotopic (exact) mass is 446 g/mol. The smallest absolute Gasteiger partial charge is 0.255 e. The van der Waals surface area contributed by atoms with Crippen LogP contribution in [0.25, 0.3) is 0 Å². The van der Waals surface area contributed by atoms with E-state index in [-0.39, 0.29) is 5.91 Å². The van der Waals surface area contributed by atoms with Gasteiger partial charge in [0.15, 0.2) is 11.5 Å². The maximum atomic E-state index is 13.3. The van der Waals surface area contributed by atoms with Crippen LogP contribution in [0.4, 0.5) is 0 Å². The van der Waals surface area contributed by atoms with E-state index < -0.39 is 0 Å². The van der Waals surface area contributed by atoms with Crippen LogP contribution < -0.4 is 9.47 Å². The Morgan fingerprint density at radius 3 is 2.41 bits per heavy atom. The summed E-state index contributed by atoms with van der Waals surface area (Å²) in [5.74, 6) is 2.62. The van der Waals surface area contributed by atoms with E-state index >= 15 is 0 Å². The van der Waals surface area contributed by atoms with Gasteiger partial charge >= 0.3 is 0 Å². The molecule has 1 fully saturated rings. The van der Waals surface area contributed by atoms with Crippen LogP contribution in [0.15, 0.2) is 77.7 Å². The molecule has 3 aromatic rings. The fourth-order valence-corrected chi connectivity index (χ4v) is 5.08. The van der Waals surface area contributed by atoms with Gasteiger partial charge in [-0.15, -0.1) is 11.8 Å². The lowest BCUT2D eigenvalue weighted by atomic mass is 10.1. The van der Waals surface area contributed by atoms with Crippen molar-refractivity contribution in [3.8, 4) is 11.5 Å². The summed E-state index contributed by atoms with van der Waals surface area (Å²) >= 11 is 1.72. The summed E-state index contributed by atoms with van der Waals surface area (Å²) in [5.41, 5.74) is 3.27. The highest BCUT2D eigenvalue weighted by Crippen LogP contribution is 2.33. The number of carbonyl (C=O) groups excluding carboxylic acids is 1. The number of rotatable bonds is 6. The van der Waals surface area contributed by atoms with Gasteiger partial charge in [-0.2, -0.15) is 0 Å². The van der Waals surface area contributed by atoms with Crippen molar-refractivity contribution in [1.82, 2.24) is 9.80 Å². The van der Waals surface area contributed by atoms with Crippen LogP contribution in [0.5, 0.6) is 11.5 Å². The predicted octanol–water partition coefficient (Wildman–Crippen LogP) is 4.67. The van der Waals surface area contributed by atoms with E-state index in [1.54, 1.807) is 11.8 Å². The Bertz CT molecular complexity index is 1080. The molecule has 5 nitrogen and oxygen atoms in total. The van der Waals surface area contributed by atoms with Crippen LogP contribution >= 0.6 is 11.8 Å². The van der Waals surface area contributed by atoms with Gasteiger partial charge < -0.3 is 14.4 Å². The second-order valence-electron chi connectivity index (χ2n) is 8.03. The second kappa shape index (κ2) is 9.67. The fourth-order valence-electron chi connectivity index (χ4n) is 4.08. The minimum atomic E-state index is 0.129. The van der Waals surface area contributed by atoms with Crippen LogP contribution in [-0.2, 0) is 12.3 Å². The molecule has 32 heavy (non-hydrogen) atoms. The number of hydrogen-bond acceptors (Lipinski definition) is 5. The van der Waals surface area contributed by atoms with E-state index in [4.69, 9.17) is 9.47 Å². The van der Waals surface area contributed by atoms with Crippen molar-refractivity contribution in [2.45, 2.75) is 17.2 Å². The van der Waals surface area contributed by atoms with Crippen molar-refractivity contribution in [3.63, 3.8) is 0 Å². The third-order valence-corrected chi connectivity index (χ3v) is 7.00. The van der Waals surface area contributed by atoms with E-state index in [0.717, 1.165) is 60.4 Å². The first-order valence-electron chi connectivity index (χ1n) is 10.9. The predicted molar refractivity (Wildman–Crippen MR) is 126 cm³/mol. The minimum absolute atomic E-state index is 0.129. The zero-order chi connectivity index (χ0) is 21.8. The molecular formula is C26H26N2O3S. The first-order chi connectivity index (χ1) is 15.8. The number of thioether (sulfide) groups is 1. The molecule has 0 aromatic heterocycles. The van der Waals surface area contributed by atoms with Gasteiger partial charge in [0.2, 0.25) is 6.79 Å². The Hall–Kier alpha value is -2.96. The molecule has 0 saturated carbocycles. The van der Waals surface area contributed by atoms with Crippen LogP contribution in [0.2, 0.25) is 0 Å². The molecule has 3 aromatic carbocycles. The molecule has 2 heterocycles. The van der Waals surface area contributed by atoms with Crippen molar-refractivity contribution < 1.29 is 14.3 Å². The highest BCUT2D eigenvalue weighted by Gasteiger charge is 2.24. The quantitative estimate of drug-likeness (QED) is 0.515. The lowest BCUT2D eigenvalue weighted by Crippen LogP contribution is -2.48. The van der Waals surface area contributed by atoms with E-state index in [1.165, 1.54) is 11.1 Å². The fraction of sp³-hybridized carbons (Fsp3) is 0.269. The van der Waals surface area contributed by atoms with E-state index in [9.17, 15) is 4.79 Å². The number of hydrogen-bond donors (Lipinski definition) is 0. The maximum Gasteiger partial charge on any atom is 0.255 e. The third-order valence-electron chi connectivity index (χ3n) is 5.86. The molecular weight excluding hydrogens is 420 g/mol. The molecule has 1 amide bonds. The number of ether oxygens (including phenoxy) is 2. The zero-order valence-electron chi connectivity index (χ0n) is 17.9. The molecule has 6 heteroatoms. The lowest BCUT2D eigenvalue weighted by Gasteiger charge is -2.35. The molecule has 0 bridgehead atoms. The second-order valence-corrected chi connectivity index (χ2v) is 9.04. The number of nitrogens with zero attached hydrogens (tertiary/aromatic N) is 2. The summed E-state index contributed by atoms with van der Waals surface area (Å²) in [6.07, 6.45) is 0. The van der Waals surface area contributed by atoms with Gasteiger partial charge in [0.1, 0.15) is 0 Å². The number of amides is 1. The average Bonchev–Trinajstić information content (AvgIpc) is 3.32. The molecule has 5 rings (SSSR count). The zero-order valence-corrected chi connectivity index (χ0v) is 18.7. The van der Waals surface area contributed by atoms with Crippen LogP contribution in [-0.4, -0.2) is 48.7 Å². The lowest BCUT2D eigenvalue weighted by molar-refractivity contribution is 0.0625. The highest BCUT2D eigenvalue weighted by molar-refractivity contribution is 7.98. The van der Waals surface area contributed by atoms with Gasteiger partial charge in [0.05, 0.1) is 5.56 Å². The Labute approximate surface area is 192 Å². The molecule has 0 unspecified atom stereocenters. The van der Waals surface area contributed by atoms with Gasteiger partial charge in [0.25, 0.3) is 5.91 Å². The summed E-state index contributed by atoms with van der Waals surface area (Å²) in [5, 5.41) is 0. The van der Waals surface area contributed by atoms with Crippen molar-refractivity contribution in [3.05, 3.63) is 89.5 Å². The number of piperazine rings is 1. The van der Waals surface area contributed by atoms with Gasteiger partial charge in [0, 0.05) is 43.4 Å². The van der Waals surface area contributed by atoms with Crippen molar-refractivity contribution >= 4 is 17.7 Å². The first-order valence-corrected chi connectivity index (χ1v) is 11.9. The molecule has 164 valence electrons. The Balaban J connectivity index is 1.18. The maximum absolute atomic E-state index is 13.3. The number of benzene rings is 3. The highest BCUT2D eigenvalue weighted by atomic mass is 32.2. The van der Waals surface area contributed by atoms with Crippen LogP contribution in [0.1, 0.15) is 21.5 Å². The van der Waals surface area contributed by atoms with Crippen LogP contribution in [0.3, 0.4) is 0 Å². The summed E-state index contributed by atoms with van der Waals surface area (Å²) in [6, 6.07) is 24.5. The Morgan fingerprint density at radius 1 is 0.812 bits per heavy atom. The third kappa shape index (κ3) is 4.76. The Morgan fingerprint density at radius 2 is 1.56 bits per heavy atom. The molecule has 0 radical (unpaired) electrons. The normalized spacial score (nSPS) is 15.7. The van der Waals surface area contributed by atoms with Gasteiger partial charge in [-0.1, -0.05) is 48.5 Å². The van der Waals surface area contributed by atoms with Crippen molar-refractivity contribution in [2.24, 2.45) is 0 Å². The molecule has 0 spiro atoms. The van der Waals surface area contributed by atoms with Gasteiger partial charge in [-0.3, -0.25) is 9.69 Å². The molecule has 2 aliphatic heterocycles. The number of fused-ring (bicyclic) bond motifs is 1. The average molecular weight is 447 g/mol. The van der Waals surface area contributed by atoms with E-state index in [1.807, 2.05) is 35.2 Å². The van der Waals surface area contributed by atoms with E-state index in [0.29, 0.717) is 6.79 Å². The Kier molecular flexibility index (Phi) is 6.32. The molecule has 1 saturated heterocycles. The summed E-state index contributed by atoms with van der Waals surface area (Å²) in [4.78, 5) is 18.7. The van der Waals surface area contributed by atoms with Gasteiger partial charge in [-0.25, -0.2) is 0 Å². The summed E-state index contributed by atoms with van der Waals surface area (Å²) in [7, 11) is 0. The topological polar surface area (TPSA) is 42.0 Å². The molecule has 2 aliphatic rings. The largest absolute Gasteiger partial charge is 0.454 e.